The van der Waals surface area contributed by atoms with Gasteiger partial charge in [0.05, 0.1) is 0 Å². The van der Waals surface area contributed by atoms with Crippen LogP contribution in [0.25, 0.3) is 0 Å². The highest BCUT2D eigenvalue weighted by atomic mass is 32.2. The van der Waals surface area contributed by atoms with Gasteiger partial charge in [-0.05, 0) is 50.8 Å². The van der Waals surface area contributed by atoms with Crippen LogP contribution >= 0.6 is 24.0 Å². The number of nitrogens with two attached hydrogens (primary N) is 1. The van der Waals surface area contributed by atoms with Gasteiger partial charge in [0.1, 0.15) is 4.99 Å². The minimum Gasteiger partial charge on any atom is -0.389 e. The number of nitrogens with one attached hydrogen (secondary N) is 1. The lowest BCUT2D eigenvalue weighted by atomic mass is 10.1. The Hall–Kier alpha value is -0.740. The fourth-order valence-corrected chi connectivity index (χ4v) is 1.88. The number of hydrogen-bond acceptors (Lipinski definition) is 3. The third kappa shape index (κ3) is 4.21. The van der Waals surface area contributed by atoms with Gasteiger partial charge in [0.2, 0.25) is 0 Å². The standard InChI is InChI=1S/C13H20N2S2/c1-9-7-10(5-6-11(9)12(14)16)15-8-13(2,3)17-4/h5-7,15H,8H2,1-4H3,(H2,14,16). The minimum absolute atomic E-state index is 0.232. The van der Waals surface area contributed by atoms with Gasteiger partial charge in [-0.2, -0.15) is 11.8 Å². The van der Waals surface area contributed by atoms with Crippen LogP contribution in [0.5, 0.6) is 0 Å². The Morgan fingerprint density at radius 3 is 2.59 bits per heavy atom. The van der Waals surface area contributed by atoms with E-state index in [0.29, 0.717) is 4.99 Å². The van der Waals surface area contributed by atoms with E-state index in [0.717, 1.165) is 23.4 Å². The van der Waals surface area contributed by atoms with E-state index in [1.165, 1.54) is 0 Å². The number of thiocarbonyl (C=S) groups is 1. The van der Waals surface area contributed by atoms with Crippen LogP contribution < -0.4 is 11.1 Å². The predicted molar refractivity (Wildman–Crippen MR) is 83.2 cm³/mol. The largest absolute Gasteiger partial charge is 0.389 e. The zero-order valence-electron chi connectivity index (χ0n) is 10.8. The number of benzene rings is 1. The molecule has 1 aromatic carbocycles. The molecule has 0 aliphatic heterocycles. The number of rotatable bonds is 5. The van der Waals surface area contributed by atoms with Gasteiger partial charge in [-0.3, -0.25) is 0 Å². The fraction of sp³-hybridized carbons (Fsp3) is 0.462. The van der Waals surface area contributed by atoms with Crippen LogP contribution in [0.2, 0.25) is 0 Å². The molecule has 1 aromatic rings. The van der Waals surface area contributed by atoms with Crippen molar-refractivity contribution in [3.8, 4) is 0 Å². The molecule has 94 valence electrons. The zero-order valence-corrected chi connectivity index (χ0v) is 12.5. The van der Waals surface area contributed by atoms with Crippen molar-refractivity contribution in [1.29, 1.82) is 0 Å². The highest BCUT2D eigenvalue weighted by Crippen LogP contribution is 2.22. The number of anilines is 1. The lowest BCUT2D eigenvalue weighted by molar-refractivity contribution is 0.752. The van der Waals surface area contributed by atoms with Crippen LogP contribution in [0.4, 0.5) is 5.69 Å². The molecule has 2 nitrogen and oxygen atoms in total. The molecule has 0 unspecified atom stereocenters. The van der Waals surface area contributed by atoms with E-state index in [4.69, 9.17) is 18.0 Å². The van der Waals surface area contributed by atoms with E-state index in [1.807, 2.05) is 30.8 Å². The summed E-state index contributed by atoms with van der Waals surface area (Å²) >= 11 is 6.84. The summed E-state index contributed by atoms with van der Waals surface area (Å²) in [6, 6.07) is 6.09. The lowest BCUT2D eigenvalue weighted by Gasteiger charge is -2.23. The molecule has 0 bridgehead atoms. The molecule has 17 heavy (non-hydrogen) atoms. The van der Waals surface area contributed by atoms with Crippen molar-refractivity contribution in [1.82, 2.24) is 0 Å². The molecule has 0 radical (unpaired) electrons. The highest BCUT2D eigenvalue weighted by Gasteiger charge is 2.15. The Balaban J connectivity index is 2.75. The third-order valence-electron chi connectivity index (χ3n) is 2.76. The van der Waals surface area contributed by atoms with Crippen molar-refractivity contribution < 1.29 is 0 Å². The van der Waals surface area contributed by atoms with Crippen LogP contribution in [0, 0.1) is 6.92 Å². The van der Waals surface area contributed by atoms with Crippen molar-refractivity contribution in [2.75, 3.05) is 18.1 Å². The van der Waals surface area contributed by atoms with E-state index in [1.54, 1.807) is 0 Å². The smallest absolute Gasteiger partial charge is 0.104 e. The molecular formula is C13H20N2S2. The quantitative estimate of drug-likeness (QED) is 0.804. The Morgan fingerprint density at radius 2 is 2.12 bits per heavy atom. The molecular weight excluding hydrogens is 248 g/mol. The van der Waals surface area contributed by atoms with Gasteiger partial charge < -0.3 is 11.1 Å². The maximum absolute atomic E-state index is 5.64. The molecule has 0 aromatic heterocycles. The second-order valence-electron chi connectivity index (χ2n) is 4.71. The predicted octanol–water partition coefficient (Wildman–Crippen LogP) is 3.18. The molecule has 0 spiro atoms. The van der Waals surface area contributed by atoms with Crippen LogP contribution in [0.15, 0.2) is 18.2 Å². The van der Waals surface area contributed by atoms with Crippen LogP contribution in [0.3, 0.4) is 0 Å². The summed E-state index contributed by atoms with van der Waals surface area (Å²) in [4.78, 5) is 0.457. The fourth-order valence-electron chi connectivity index (χ4n) is 1.44. The molecule has 1 rings (SSSR count). The molecule has 0 aliphatic carbocycles. The second-order valence-corrected chi connectivity index (χ2v) is 6.66. The maximum atomic E-state index is 5.64. The third-order valence-corrected chi connectivity index (χ3v) is 4.23. The molecule has 0 saturated heterocycles. The van der Waals surface area contributed by atoms with Gasteiger partial charge in [-0.1, -0.05) is 12.2 Å². The number of hydrogen-bond donors (Lipinski definition) is 2. The van der Waals surface area contributed by atoms with E-state index in [2.05, 4.69) is 31.5 Å². The first-order valence-corrected chi connectivity index (χ1v) is 7.18. The molecule has 0 atom stereocenters. The van der Waals surface area contributed by atoms with Gasteiger partial charge in [-0.15, -0.1) is 0 Å². The van der Waals surface area contributed by atoms with Crippen molar-refractivity contribution in [2.45, 2.75) is 25.5 Å². The Kier molecular flexibility index (Phi) is 4.83. The molecule has 3 N–H and O–H groups in total. The number of thioether (sulfide) groups is 1. The summed E-state index contributed by atoms with van der Waals surface area (Å²) < 4.78 is 0.232. The normalized spacial score (nSPS) is 11.3. The van der Waals surface area contributed by atoms with Crippen molar-refractivity contribution in [3.63, 3.8) is 0 Å². The summed E-state index contributed by atoms with van der Waals surface area (Å²) in [5.74, 6) is 0. The Bertz CT molecular complexity index is 414. The first-order valence-electron chi connectivity index (χ1n) is 5.55. The average molecular weight is 268 g/mol. The Morgan fingerprint density at radius 1 is 1.47 bits per heavy atom. The van der Waals surface area contributed by atoms with Gasteiger partial charge >= 0.3 is 0 Å². The van der Waals surface area contributed by atoms with E-state index in [9.17, 15) is 0 Å². The van der Waals surface area contributed by atoms with Gasteiger partial charge in [0, 0.05) is 22.5 Å². The summed E-state index contributed by atoms with van der Waals surface area (Å²) in [7, 11) is 0. The minimum atomic E-state index is 0.232. The van der Waals surface area contributed by atoms with Crippen molar-refractivity contribution in [3.05, 3.63) is 29.3 Å². The van der Waals surface area contributed by atoms with Crippen LogP contribution in [-0.4, -0.2) is 22.5 Å². The molecule has 0 heterocycles. The molecule has 0 fully saturated rings. The van der Waals surface area contributed by atoms with Crippen LogP contribution in [-0.2, 0) is 0 Å². The Labute approximate surface area is 113 Å². The first-order chi connectivity index (χ1) is 7.85. The monoisotopic (exact) mass is 268 g/mol. The second kappa shape index (κ2) is 5.74. The van der Waals surface area contributed by atoms with Gasteiger partial charge in [0.15, 0.2) is 0 Å². The van der Waals surface area contributed by atoms with Crippen LogP contribution in [0.1, 0.15) is 25.0 Å². The SMILES string of the molecule is CSC(C)(C)CNc1ccc(C(N)=S)c(C)c1. The maximum Gasteiger partial charge on any atom is 0.104 e. The lowest BCUT2D eigenvalue weighted by Crippen LogP contribution is -2.25. The summed E-state index contributed by atoms with van der Waals surface area (Å²) in [6.45, 7) is 7.40. The topological polar surface area (TPSA) is 38.0 Å². The summed E-state index contributed by atoms with van der Waals surface area (Å²) in [5.41, 5.74) is 8.82. The zero-order chi connectivity index (χ0) is 13.1. The molecule has 0 amide bonds. The van der Waals surface area contributed by atoms with E-state index < -0.39 is 0 Å². The average Bonchev–Trinajstić information content (AvgIpc) is 2.26. The highest BCUT2D eigenvalue weighted by molar-refractivity contribution is 7.99. The van der Waals surface area contributed by atoms with Gasteiger partial charge in [-0.25, -0.2) is 0 Å². The molecule has 0 saturated carbocycles. The summed E-state index contributed by atoms with van der Waals surface area (Å²) in [6.07, 6.45) is 2.13. The van der Waals surface area contributed by atoms with Crippen molar-refractivity contribution >= 4 is 34.7 Å². The summed E-state index contributed by atoms with van der Waals surface area (Å²) in [5, 5.41) is 3.44. The van der Waals surface area contributed by atoms with Crippen molar-refractivity contribution in [2.24, 2.45) is 5.73 Å². The molecule has 4 heteroatoms. The van der Waals surface area contributed by atoms with E-state index in [-0.39, 0.29) is 4.75 Å². The number of aryl methyl sites for hydroxylation is 1. The first kappa shape index (κ1) is 14.3. The van der Waals surface area contributed by atoms with E-state index >= 15 is 0 Å². The van der Waals surface area contributed by atoms with Gasteiger partial charge in [0.25, 0.3) is 0 Å². The molecule has 0 aliphatic rings.